The molecule has 0 spiro atoms. The second-order valence-corrected chi connectivity index (χ2v) is 7.77. The van der Waals surface area contributed by atoms with Gasteiger partial charge >= 0.3 is 0 Å². The zero-order valence-corrected chi connectivity index (χ0v) is 17.1. The van der Waals surface area contributed by atoms with E-state index in [1.807, 2.05) is 48.7 Å². The largest absolute Gasteiger partial charge is 0.348 e. The van der Waals surface area contributed by atoms with Crippen LogP contribution >= 0.6 is 11.3 Å². The lowest BCUT2D eigenvalue weighted by Gasteiger charge is -2.16. The summed E-state index contributed by atoms with van der Waals surface area (Å²) >= 11 is 1.51. The Morgan fingerprint density at radius 2 is 1.66 bits per heavy atom. The Hall–Kier alpha value is -3.18. The Balaban J connectivity index is 1.66. The molecule has 2 amide bonds. The fraction of sp³-hybridized carbons (Fsp3) is 0.167. The maximum absolute atomic E-state index is 12.9. The Bertz CT molecular complexity index is 951. The number of thiophene rings is 1. The maximum Gasteiger partial charge on any atom is 0.268 e. The van der Waals surface area contributed by atoms with E-state index in [0.29, 0.717) is 5.56 Å². The molecule has 3 aromatic rings. The summed E-state index contributed by atoms with van der Waals surface area (Å²) in [5, 5.41) is 7.70. The first-order valence-electron chi connectivity index (χ1n) is 9.58. The van der Waals surface area contributed by atoms with Crippen LogP contribution in [0.4, 0.5) is 0 Å². The van der Waals surface area contributed by atoms with Crippen molar-refractivity contribution in [3.8, 4) is 0 Å². The smallest absolute Gasteiger partial charge is 0.268 e. The van der Waals surface area contributed by atoms with Gasteiger partial charge in [0.05, 0.1) is 0 Å². The van der Waals surface area contributed by atoms with Crippen molar-refractivity contribution < 1.29 is 9.59 Å². The molecule has 0 radical (unpaired) electrons. The highest BCUT2D eigenvalue weighted by Gasteiger charge is 2.16. The summed E-state index contributed by atoms with van der Waals surface area (Å²) in [4.78, 5) is 26.3. The Morgan fingerprint density at radius 1 is 0.966 bits per heavy atom. The molecule has 29 heavy (non-hydrogen) atoms. The topological polar surface area (TPSA) is 58.2 Å². The number of aryl methyl sites for hydroxylation is 1. The molecule has 0 saturated heterocycles. The predicted octanol–water partition coefficient (Wildman–Crippen LogP) is 4.66. The molecule has 0 saturated carbocycles. The predicted molar refractivity (Wildman–Crippen MR) is 119 cm³/mol. The van der Waals surface area contributed by atoms with Gasteiger partial charge in [-0.3, -0.25) is 9.59 Å². The third-order valence-corrected chi connectivity index (χ3v) is 5.26. The van der Waals surface area contributed by atoms with Crippen molar-refractivity contribution >= 4 is 29.2 Å². The molecule has 1 atom stereocenters. The summed E-state index contributed by atoms with van der Waals surface area (Å²) in [6.45, 7) is 1.97. The lowest BCUT2D eigenvalue weighted by atomic mass is 10.1. The average molecular weight is 405 g/mol. The number of hydrogen-bond acceptors (Lipinski definition) is 3. The SMILES string of the molecule is CC(CCc1ccccc1)NC(=O)/C(=C/c1cccs1)NC(=O)c1ccccc1. The molecule has 2 N–H and O–H groups in total. The van der Waals surface area contributed by atoms with Crippen molar-refractivity contribution in [1.29, 1.82) is 0 Å². The van der Waals surface area contributed by atoms with Gasteiger partial charge in [-0.1, -0.05) is 54.6 Å². The summed E-state index contributed by atoms with van der Waals surface area (Å²) < 4.78 is 0. The molecule has 1 aromatic heterocycles. The fourth-order valence-corrected chi connectivity index (χ4v) is 3.52. The highest BCUT2D eigenvalue weighted by atomic mass is 32.1. The van der Waals surface area contributed by atoms with Crippen LogP contribution in [0.2, 0.25) is 0 Å². The molecule has 1 unspecified atom stereocenters. The Morgan fingerprint density at radius 3 is 2.31 bits per heavy atom. The second-order valence-electron chi connectivity index (χ2n) is 6.79. The van der Waals surface area contributed by atoms with Gasteiger partial charge < -0.3 is 10.6 Å². The molecule has 1 heterocycles. The summed E-state index contributed by atoms with van der Waals surface area (Å²) in [7, 11) is 0. The quantitative estimate of drug-likeness (QED) is 0.537. The van der Waals surface area contributed by atoms with Crippen LogP contribution < -0.4 is 10.6 Å². The standard InChI is InChI=1S/C24H24N2O2S/c1-18(14-15-19-9-4-2-5-10-19)25-24(28)22(17-21-13-8-16-29-21)26-23(27)20-11-6-3-7-12-20/h2-13,16-18H,14-15H2,1H3,(H,25,28)(H,26,27)/b22-17-. The summed E-state index contributed by atoms with van der Waals surface area (Å²) in [5.74, 6) is -0.594. The number of hydrogen-bond donors (Lipinski definition) is 2. The molecule has 3 rings (SSSR count). The highest BCUT2D eigenvalue weighted by Crippen LogP contribution is 2.14. The lowest BCUT2D eigenvalue weighted by molar-refractivity contribution is -0.118. The normalized spacial score (nSPS) is 12.2. The van der Waals surface area contributed by atoms with Crippen molar-refractivity contribution in [2.75, 3.05) is 0 Å². The third-order valence-electron chi connectivity index (χ3n) is 4.44. The van der Waals surface area contributed by atoms with Crippen LogP contribution in [0, 0.1) is 0 Å². The minimum Gasteiger partial charge on any atom is -0.348 e. The number of carbonyl (C=O) groups excluding carboxylic acids is 2. The first-order valence-corrected chi connectivity index (χ1v) is 10.5. The van der Waals surface area contributed by atoms with Crippen molar-refractivity contribution in [3.05, 3.63) is 99.9 Å². The molecule has 0 aliphatic rings. The first kappa shape index (κ1) is 20.6. The van der Waals surface area contributed by atoms with Gasteiger partial charge in [0.15, 0.2) is 0 Å². The molecule has 4 nitrogen and oxygen atoms in total. The number of benzene rings is 2. The Labute approximate surface area is 175 Å². The molecule has 2 aromatic carbocycles. The zero-order chi connectivity index (χ0) is 20.5. The Kier molecular flexibility index (Phi) is 7.36. The number of nitrogens with one attached hydrogen (secondary N) is 2. The number of carbonyl (C=O) groups is 2. The average Bonchev–Trinajstić information content (AvgIpc) is 3.26. The van der Waals surface area contributed by atoms with E-state index in [9.17, 15) is 9.59 Å². The minimum absolute atomic E-state index is 0.0249. The number of amides is 2. The van der Waals surface area contributed by atoms with Gasteiger partial charge in [0.2, 0.25) is 0 Å². The van der Waals surface area contributed by atoms with Crippen molar-refractivity contribution in [2.45, 2.75) is 25.8 Å². The van der Waals surface area contributed by atoms with E-state index in [2.05, 4.69) is 22.8 Å². The molecule has 0 aliphatic heterocycles. The van der Waals surface area contributed by atoms with Gasteiger partial charge in [-0.15, -0.1) is 11.3 Å². The minimum atomic E-state index is -0.305. The van der Waals surface area contributed by atoms with E-state index in [4.69, 9.17) is 0 Å². The summed E-state index contributed by atoms with van der Waals surface area (Å²) in [6.07, 6.45) is 3.40. The molecular weight excluding hydrogens is 380 g/mol. The van der Waals surface area contributed by atoms with E-state index >= 15 is 0 Å². The van der Waals surface area contributed by atoms with Gasteiger partial charge in [-0.05, 0) is 55.0 Å². The van der Waals surface area contributed by atoms with Crippen LogP contribution in [0.1, 0.15) is 34.1 Å². The van der Waals surface area contributed by atoms with Crippen molar-refractivity contribution in [1.82, 2.24) is 10.6 Å². The monoisotopic (exact) mass is 404 g/mol. The van der Waals surface area contributed by atoms with Gasteiger partial charge in [-0.2, -0.15) is 0 Å². The van der Waals surface area contributed by atoms with E-state index in [1.165, 1.54) is 16.9 Å². The van der Waals surface area contributed by atoms with E-state index in [0.717, 1.165) is 17.7 Å². The fourth-order valence-electron chi connectivity index (χ4n) is 2.86. The summed E-state index contributed by atoms with van der Waals surface area (Å²) in [6, 6.07) is 22.9. The molecule has 0 bridgehead atoms. The first-order chi connectivity index (χ1) is 14.1. The van der Waals surface area contributed by atoms with Crippen LogP contribution in [-0.4, -0.2) is 17.9 Å². The highest BCUT2D eigenvalue weighted by molar-refractivity contribution is 7.10. The molecule has 148 valence electrons. The van der Waals surface area contributed by atoms with E-state index in [-0.39, 0.29) is 23.6 Å². The van der Waals surface area contributed by atoms with Gasteiger partial charge in [0.1, 0.15) is 5.70 Å². The molecular formula is C24H24N2O2S. The van der Waals surface area contributed by atoms with E-state index in [1.54, 1.807) is 30.3 Å². The lowest BCUT2D eigenvalue weighted by Crippen LogP contribution is -2.39. The van der Waals surface area contributed by atoms with Crippen molar-refractivity contribution in [2.24, 2.45) is 0 Å². The molecule has 0 aliphatic carbocycles. The van der Waals surface area contributed by atoms with Crippen LogP contribution in [0.5, 0.6) is 0 Å². The van der Waals surface area contributed by atoms with Crippen LogP contribution in [0.25, 0.3) is 6.08 Å². The van der Waals surface area contributed by atoms with Gasteiger partial charge in [0.25, 0.3) is 11.8 Å². The van der Waals surface area contributed by atoms with Crippen LogP contribution in [-0.2, 0) is 11.2 Å². The van der Waals surface area contributed by atoms with Crippen LogP contribution in [0.3, 0.4) is 0 Å². The zero-order valence-electron chi connectivity index (χ0n) is 16.3. The van der Waals surface area contributed by atoms with Gasteiger partial charge in [0, 0.05) is 16.5 Å². The third kappa shape index (κ3) is 6.43. The maximum atomic E-state index is 12.9. The van der Waals surface area contributed by atoms with Crippen LogP contribution in [0.15, 0.2) is 83.9 Å². The van der Waals surface area contributed by atoms with Gasteiger partial charge in [-0.25, -0.2) is 0 Å². The van der Waals surface area contributed by atoms with E-state index < -0.39 is 0 Å². The molecule has 0 fully saturated rings. The summed E-state index contributed by atoms with van der Waals surface area (Å²) in [5.41, 5.74) is 1.99. The number of rotatable bonds is 8. The molecule has 5 heteroatoms. The van der Waals surface area contributed by atoms with Crippen molar-refractivity contribution in [3.63, 3.8) is 0 Å². The second kappa shape index (κ2) is 10.4.